The molecule has 1 fully saturated rings. The third kappa shape index (κ3) is 2.65. The molecule has 1 aromatic rings. The van der Waals surface area contributed by atoms with E-state index in [4.69, 9.17) is 5.73 Å². The molecule has 2 N–H and O–H groups in total. The van der Waals surface area contributed by atoms with Crippen LogP contribution < -0.4 is 5.73 Å². The second-order valence-corrected chi connectivity index (χ2v) is 6.57. The first-order valence-electron chi connectivity index (χ1n) is 7.07. The fourth-order valence-electron chi connectivity index (χ4n) is 3.25. The lowest BCUT2D eigenvalue weighted by Gasteiger charge is -2.38. The molecule has 0 aliphatic heterocycles. The molecule has 2 rings (SSSR count). The smallest absolute Gasteiger partial charge is 0.137 e. The number of carbonyl (C=O) groups is 1. The number of aryl methyl sites for hydroxylation is 1. The molecule has 1 aliphatic rings. The minimum atomic E-state index is -0.236. The van der Waals surface area contributed by atoms with Crippen LogP contribution in [-0.2, 0) is 10.2 Å². The van der Waals surface area contributed by atoms with Crippen molar-refractivity contribution in [2.75, 3.05) is 5.73 Å². The average Bonchev–Trinajstić information content (AvgIpc) is 2.31. The standard InChI is InChI=1S/C16H24N2O/c1-10-5-6-12(14(19)8-10)16(3,4)13-7-11(2)9-18-15(13)17/h7,9-10,12H,5-6,8H2,1-4H3,(H2,17,18). The van der Waals surface area contributed by atoms with Crippen molar-refractivity contribution in [2.45, 2.75) is 52.4 Å². The summed E-state index contributed by atoms with van der Waals surface area (Å²) in [6, 6.07) is 2.08. The maximum atomic E-state index is 12.4. The molecular formula is C16H24N2O. The number of rotatable bonds is 2. The van der Waals surface area contributed by atoms with Gasteiger partial charge in [-0.2, -0.15) is 0 Å². The van der Waals surface area contributed by atoms with Crippen molar-refractivity contribution in [2.24, 2.45) is 11.8 Å². The molecule has 1 saturated carbocycles. The predicted octanol–water partition coefficient (Wildman–Crippen LogP) is 3.26. The molecule has 0 spiro atoms. The van der Waals surface area contributed by atoms with Crippen molar-refractivity contribution < 1.29 is 4.79 Å². The normalized spacial score (nSPS) is 24.5. The Morgan fingerprint density at radius 3 is 2.68 bits per heavy atom. The summed E-state index contributed by atoms with van der Waals surface area (Å²) in [4.78, 5) is 16.6. The van der Waals surface area contributed by atoms with Crippen LogP contribution in [0.2, 0.25) is 0 Å². The Kier molecular flexibility index (Phi) is 3.66. The molecule has 0 radical (unpaired) electrons. The van der Waals surface area contributed by atoms with Crippen molar-refractivity contribution in [3.63, 3.8) is 0 Å². The van der Waals surface area contributed by atoms with Gasteiger partial charge in [0.2, 0.25) is 0 Å². The lowest BCUT2D eigenvalue weighted by atomic mass is 9.65. The largest absolute Gasteiger partial charge is 0.383 e. The van der Waals surface area contributed by atoms with Gasteiger partial charge in [0.05, 0.1) is 0 Å². The molecule has 104 valence electrons. The van der Waals surface area contributed by atoms with Gasteiger partial charge in [-0.3, -0.25) is 4.79 Å². The number of nitrogens with zero attached hydrogens (tertiary/aromatic N) is 1. The van der Waals surface area contributed by atoms with Gasteiger partial charge in [-0.15, -0.1) is 0 Å². The Labute approximate surface area is 115 Å². The lowest BCUT2D eigenvalue weighted by Crippen LogP contribution is -2.39. The van der Waals surface area contributed by atoms with Gasteiger partial charge in [-0.25, -0.2) is 4.98 Å². The summed E-state index contributed by atoms with van der Waals surface area (Å²) in [6.07, 6.45) is 4.56. The molecule has 0 saturated heterocycles. The first-order valence-corrected chi connectivity index (χ1v) is 7.07. The third-order valence-electron chi connectivity index (χ3n) is 4.51. The zero-order valence-corrected chi connectivity index (χ0v) is 12.4. The summed E-state index contributed by atoms with van der Waals surface area (Å²) in [5, 5.41) is 0. The highest BCUT2D eigenvalue weighted by atomic mass is 16.1. The summed E-state index contributed by atoms with van der Waals surface area (Å²) in [7, 11) is 0. The van der Waals surface area contributed by atoms with Crippen molar-refractivity contribution in [3.05, 3.63) is 23.4 Å². The van der Waals surface area contributed by atoms with E-state index in [-0.39, 0.29) is 11.3 Å². The predicted molar refractivity (Wildman–Crippen MR) is 77.9 cm³/mol. The van der Waals surface area contributed by atoms with E-state index in [9.17, 15) is 4.79 Å². The minimum Gasteiger partial charge on any atom is -0.383 e. The Hall–Kier alpha value is -1.38. The van der Waals surface area contributed by atoms with Crippen LogP contribution >= 0.6 is 0 Å². The molecule has 19 heavy (non-hydrogen) atoms. The monoisotopic (exact) mass is 260 g/mol. The van der Waals surface area contributed by atoms with Gasteiger partial charge in [0.15, 0.2) is 0 Å². The van der Waals surface area contributed by atoms with E-state index >= 15 is 0 Å². The number of hydrogen-bond acceptors (Lipinski definition) is 3. The lowest BCUT2D eigenvalue weighted by molar-refractivity contribution is -0.128. The molecule has 1 aromatic heterocycles. The average molecular weight is 260 g/mol. The Bertz CT molecular complexity index is 494. The number of anilines is 1. The number of hydrogen-bond donors (Lipinski definition) is 1. The highest BCUT2D eigenvalue weighted by Gasteiger charge is 2.40. The fraction of sp³-hybridized carbons (Fsp3) is 0.625. The number of pyridine rings is 1. The molecule has 3 heteroatoms. The topological polar surface area (TPSA) is 56.0 Å². The van der Waals surface area contributed by atoms with E-state index in [1.54, 1.807) is 6.20 Å². The van der Waals surface area contributed by atoms with E-state index in [1.165, 1.54) is 0 Å². The van der Waals surface area contributed by atoms with Crippen molar-refractivity contribution in [1.29, 1.82) is 0 Å². The maximum Gasteiger partial charge on any atom is 0.137 e. The minimum absolute atomic E-state index is 0.0644. The number of nitrogens with two attached hydrogens (primary N) is 1. The van der Waals surface area contributed by atoms with Crippen LogP contribution in [0.4, 0.5) is 5.82 Å². The second kappa shape index (κ2) is 4.95. The zero-order valence-electron chi connectivity index (χ0n) is 12.4. The van der Waals surface area contributed by atoms with Crippen LogP contribution in [0.1, 0.15) is 51.2 Å². The van der Waals surface area contributed by atoms with Crippen LogP contribution in [-0.4, -0.2) is 10.8 Å². The summed E-state index contributed by atoms with van der Waals surface area (Å²) >= 11 is 0. The van der Waals surface area contributed by atoms with Crippen LogP contribution in [0.3, 0.4) is 0 Å². The summed E-state index contributed by atoms with van der Waals surface area (Å²) in [5.41, 5.74) is 7.90. The zero-order chi connectivity index (χ0) is 14.2. The maximum absolute atomic E-state index is 12.4. The molecule has 0 bridgehead atoms. The number of carbonyl (C=O) groups excluding carboxylic acids is 1. The highest BCUT2D eigenvalue weighted by Crippen LogP contribution is 2.41. The molecule has 2 unspecified atom stereocenters. The van der Waals surface area contributed by atoms with Gasteiger partial charge >= 0.3 is 0 Å². The van der Waals surface area contributed by atoms with Crippen LogP contribution in [0.25, 0.3) is 0 Å². The molecule has 2 atom stereocenters. The van der Waals surface area contributed by atoms with E-state index < -0.39 is 0 Å². The fourth-order valence-corrected chi connectivity index (χ4v) is 3.25. The van der Waals surface area contributed by atoms with Crippen LogP contribution in [0.15, 0.2) is 12.3 Å². The first-order chi connectivity index (χ1) is 8.82. The molecule has 0 aromatic carbocycles. The summed E-state index contributed by atoms with van der Waals surface area (Å²) < 4.78 is 0. The van der Waals surface area contributed by atoms with E-state index in [0.717, 1.165) is 24.0 Å². The molecule has 3 nitrogen and oxygen atoms in total. The highest BCUT2D eigenvalue weighted by molar-refractivity contribution is 5.83. The van der Waals surface area contributed by atoms with Gasteiger partial charge in [-0.05, 0) is 31.2 Å². The van der Waals surface area contributed by atoms with Gasteiger partial charge < -0.3 is 5.73 Å². The van der Waals surface area contributed by atoms with Crippen molar-refractivity contribution in [3.8, 4) is 0 Å². The first kappa shape index (κ1) is 14.0. The van der Waals surface area contributed by atoms with Gasteiger partial charge in [0.25, 0.3) is 0 Å². The molecule has 0 amide bonds. The van der Waals surface area contributed by atoms with Gasteiger partial charge in [0.1, 0.15) is 11.6 Å². The number of ketones is 1. The Morgan fingerprint density at radius 1 is 1.37 bits per heavy atom. The van der Waals surface area contributed by atoms with E-state index in [1.807, 2.05) is 6.92 Å². The van der Waals surface area contributed by atoms with Gasteiger partial charge in [0, 0.05) is 29.5 Å². The SMILES string of the molecule is Cc1cnc(N)c(C(C)(C)C2CCC(C)CC2=O)c1. The van der Waals surface area contributed by atoms with Crippen LogP contribution in [0, 0.1) is 18.8 Å². The van der Waals surface area contributed by atoms with E-state index in [2.05, 4.69) is 31.8 Å². The number of nitrogen functional groups attached to an aromatic ring is 1. The molecule has 1 heterocycles. The Balaban J connectivity index is 2.36. The van der Waals surface area contributed by atoms with E-state index in [0.29, 0.717) is 23.9 Å². The summed E-state index contributed by atoms with van der Waals surface area (Å²) in [5.74, 6) is 1.52. The second-order valence-electron chi connectivity index (χ2n) is 6.57. The quantitative estimate of drug-likeness (QED) is 0.888. The number of aromatic nitrogens is 1. The molecule has 1 aliphatic carbocycles. The Morgan fingerprint density at radius 2 is 2.05 bits per heavy atom. The molecular weight excluding hydrogens is 236 g/mol. The van der Waals surface area contributed by atoms with Crippen molar-refractivity contribution in [1.82, 2.24) is 4.98 Å². The number of Topliss-reactive ketones (excluding diaryl/α,β-unsaturated/α-hetero) is 1. The van der Waals surface area contributed by atoms with Gasteiger partial charge in [-0.1, -0.05) is 26.8 Å². The van der Waals surface area contributed by atoms with Crippen molar-refractivity contribution >= 4 is 11.6 Å². The van der Waals surface area contributed by atoms with Crippen LogP contribution in [0.5, 0.6) is 0 Å². The summed E-state index contributed by atoms with van der Waals surface area (Å²) in [6.45, 7) is 8.41. The third-order valence-corrected chi connectivity index (χ3v) is 4.51.